The van der Waals surface area contributed by atoms with Crippen molar-refractivity contribution in [3.8, 4) is 5.75 Å². The highest BCUT2D eigenvalue weighted by Gasteiger charge is 2.23. The summed E-state index contributed by atoms with van der Waals surface area (Å²) in [5, 5.41) is 14.0. The first-order valence-corrected chi connectivity index (χ1v) is 6.34. The van der Waals surface area contributed by atoms with Crippen LogP contribution < -0.4 is 15.4 Å². The summed E-state index contributed by atoms with van der Waals surface area (Å²) < 4.78 is 5.08. The monoisotopic (exact) mass is 280 g/mol. The Morgan fingerprint density at radius 2 is 2.05 bits per heavy atom. The van der Waals surface area contributed by atoms with E-state index in [0.29, 0.717) is 12.3 Å². The molecule has 0 spiro atoms. The number of carbonyl (C=O) groups is 2. The van der Waals surface area contributed by atoms with E-state index in [1.54, 1.807) is 27.0 Å². The normalized spacial score (nSPS) is 11.8. The van der Waals surface area contributed by atoms with Gasteiger partial charge in [0.15, 0.2) is 0 Å². The zero-order valence-corrected chi connectivity index (χ0v) is 11.8. The molecule has 2 amide bonds. The number of aliphatic carboxylic acids is 1. The number of rotatable bonds is 6. The molecular formula is C14H20N2O4. The van der Waals surface area contributed by atoms with E-state index in [-0.39, 0.29) is 5.92 Å². The Bertz CT molecular complexity index is 474. The summed E-state index contributed by atoms with van der Waals surface area (Å²) in [4.78, 5) is 22.6. The lowest BCUT2D eigenvalue weighted by molar-refractivity contribution is -0.140. The van der Waals surface area contributed by atoms with E-state index < -0.39 is 18.0 Å². The number of carboxylic acids is 1. The van der Waals surface area contributed by atoms with Crippen molar-refractivity contribution >= 4 is 12.0 Å². The van der Waals surface area contributed by atoms with E-state index in [1.165, 1.54) is 0 Å². The molecule has 0 unspecified atom stereocenters. The molecule has 0 heterocycles. The van der Waals surface area contributed by atoms with Crippen LogP contribution in [0.15, 0.2) is 24.3 Å². The number of hydrogen-bond donors (Lipinski definition) is 3. The molecule has 0 fully saturated rings. The van der Waals surface area contributed by atoms with Crippen LogP contribution in [0.4, 0.5) is 4.79 Å². The molecule has 0 radical (unpaired) electrons. The topological polar surface area (TPSA) is 87.7 Å². The fraction of sp³-hybridized carbons (Fsp3) is 0.429. The van der Waals surface area contributed by atoms with Crippen LogP contribution in [0, 0.1) is 5.92 Å². The minimum absolute atomic E-state index is 0.185. The van der Waals surface area contributed by atoms with Gasteiger partial charge in [-0.05, 0) is 23.6 Å². The molecule has 1 aromatic carbocycles. The summed E-state index contributed by atoms with van der Waals surface area (Å²) in [5.41, 5.74) is 0.871. The fourth-order valence-electron chi connectivity index (χ4n) is 1.67. The Morgan fingerprint density at radius 1 is 1.35 bits per heavy atom. The van der Waals surface area contributed by atoms with Crippen molar-refractivity contribution in [1.82, 2.24) is 10.6 Å². The van der Waals surface area contributed by atoms with Crippen molar-refractivity contribution in [2.75, 3.05) is 7.11 Å². The molecule has 0 bridgehead atoms. The highest BCUT2D eigenvalue weighted by Crippen LogP contribution is 2.12. The number of amides is 2. The Kier molecular flexibility index (Phi) is 5.83. The van der Waals surface area contributed by atoms with Crippen LogP contribution >= 0.6 is 0 Å². The summed E-state index contributed by atoms with van der Waals surface area (Å²) in [6.45, 7) is 3.77. The molecule has 6 nitrogen and oxygen atoms in total. The average molecular weight is 280 g/mol. The van der Waals surface area contributed by atoms with Crippen LogP contribution in [0.1, 0.15) is 19.4 Å². The number of urea groups is 1. The van der Waals surface area contributed by atoms with Crippen molar-refractivity contribution in [2.45, 2.75) is 26.4 Å². The van der Waals surface area contributed by atoms with Gasteiger partial charge in [-0.3, -0.25) is 0 Å². The van der Waals surface area contributed by atoms with E-state index in [9.17, 15) is 9.59 Å². The third kappa shape index (κ3) is 4.79. The first-order valence-electron chi connectivity index (χ1n) is 6.34. The molecular weight excluding hydrogens is 260 g/mol. The summed E-state index contributed by atoms with van der Waals surface area (Å²) in [6, 6.07) is 5.87. The van der Waals surface area contributed by atoms with Crippen molar-refractivity contribution in [1.29, 1.82) is 0 Å². The Balaban J connectivity index is 2.52. The number of hydrogen-bond acceptors (Lipinski definition) is 3. The molecule has 0 aliphatic rings. The number of nitrogens with one attached hydrogen (secondary N) is 2. The van der Waals surface area contributed by atoms with E-state index in [2.05, 4.69) is 10.6 Å². The van der Waals surface area contributed by atoms with Crippen LogP contribution in [0.5, 0.6) is 5.75 Å². The van der Waals surface area contributed by atoms with Gasteiger partial charge in [0.2, 0.25) is 0 Å². The van der Waals surface area contributed by atoms with Gasteiger partial charge in [-0.25, -0.2) is 9.59 Å². The fourth-order valence-corrected chi connectivity index (χ4v) is 1.67. The van der Waals surface area contributed by atoms with E-state index in [0.717, 1.165) is 5.56 Å². The molecule has 20 heavy (non-hydrogen) atoms. The number of methoxy groups -OCH3 is 1. The quantitative estimate of drug-likeness (QED) is 0.738. The van der Waals surface area contributed by atoms with Crippen LogP contribution in [0.2, 0.25) is 0 Å². The van der Waals surface area contributed by atoms with Gasteiger partial charge in [-0.15, -0.1) is 0 Å². The molecule has 0 aliphatic heterocycles. The van der Waals surface area contributed by atoms with Gasteiger partial charge < -0.3 is 20.5 Å². The van der Waals surface area contributed by atoms with Crippen LogP contribution in [-0.2, 0) is 11.3 Å². The average Bonchev–Trinajstić information content (AvgIpc) is 2.42. The minimum atomic E-state index is -1.04. The first kappa shape index (κ1) is 15.8. The molecule has 3 N–H and O–H groups in total. The second kappa shape index (κ2) is 7.37. The van der Waals surface area contributed by atoms with E-state index >= 15 is 0 Å². The zero-order chi connectivity index (χ0) is 15.1. The van der Waals surface area contributed by atoms with E-state index in [1.807, 2.05) is 18.2 Å². The molecule has 0 aliphatic carbocycles. The first-order chi connectivity index (χ1) is 9.43. The number of benzene rings is 1. The maximum atomic E-state index is 11.7. The second-order valence-corrected chi connectivity index (χ2v) is 4.74. The van der Waals surface area contributed by atoms with Gasteiger partial charge in [-0.1, -0.05) is 26.0 Å². The van der Waals surface area contributed by atoms with Crippen LogP contribution in [0.3, 0.4) is 0 Å². The van der Waals surface area contributed by atoms with Gasteiger partial charge in [0.1, 0.15) is 11.8 Å². The third-order valence-electron chi connectivity index (χ3n) is 2.81. The minimum Gasteiger partial charge on any atom is -0.497 e. The SMILES string of the molecule is COc1cccc(CNC(=O)N[C@H](C(=O)O)C(C)C)c1. The summed E-state index contributed by atoms with van der Waals surface area (Å²) in [7, 11) is 1.57. The summed E-state index contributed by atoms with van der Waals surface area (Å²) in [6.07, 6.45) is 0. The summed E-state index contributed by atoms with van der Waals surface area (Å²) in [5.74, 6) is -0.526. The maximum absolute atomic E-state index is 11.7. The number of carboxylic acid groups (broad SMARTS) is 1. The number of carbonyl (C=O) groups excluding carboxylic acids is 1. The van der Waals surface area contributed by atoms with Gasteiger partial charge in [0.05, 0.1) is 7.11 Å². The Hall–Kier alpha value is -2.24. The number of ether oxygens (including phenoxy) is 1. The molecule has 0 aromatic heterocycles. The van der Waals surface area contributed by atoms with Gasteiger partial charge >= 0.3 is 12.0 Å². The highest BCUT2D eigenvalue weighted by molar-refractivity contribution is 5.82. The van der Waals surface area contributed by atoms with Crippen molar-refractivity contribution in [3.05, 3.63) is 29.8 Å². The van der Waals surface area contributed by atoms with Crippen LogP contribution in [-0.4, -0.2) is 30.3 Å². The third-order valence-corrected chi connectivity index (χ3v) is 2.81. The molecule has 110 valence electrons. The smallest absolute Gasteiger partial charge is 0.326 e. The van der Waals surface area contributed by atoms with Crippen molar-refractivity contribution in [3.63, 3.8) is 0 Å². The highest BCUT2D eigenvalue weighted by atomic mass is 16.5. The molecule has 1 aromatic rings. The van der Waals surface area contributed by atoms with Gasteiger partial charge in [0.25, 0.3) is 0 Å². The predicted molar refractivity (Wildman–Crippen MR) is 74.6 cm³/mol. The Morgan fingerprint density at radius 3 is 2.60 bits per heavy atom. The largest absolute Gasteiger partial charge is 0.497 e. The maximum Gasteiger partial charge on any atom is 0.326 e. The molecule has 6 heteroatoms. The van der Waals surface area contributed by atoms with Gasteiger partial charge in [-0.2, -0.15) is 0 Å². The molecule has 1 atom stereocenters. The van der Waals surface area contributed by atoms with Crippen molar-refractivity contribution < 1.29 is 19.4 Å². The molecule has 0 saturated carbocycles. The van der Waals surface area contributed by atoms with E-state index in [4.69, 9.17) is 9.84 Å². The molecule has 0 saturated heterocycles. The van der Waals surface area contributed by atoms with Crippen molar-refractivity contribution in [2.24, 2.45) is 5.92 Å². The Labute approximate surface area is 118 Å². The summed E-state index contributed by atoms with van der Waals surface area (Å²) >= 11 is 0. The second-order valence-electron chi connectivity index (χ2n) is 4.74. The van der Waals surface area contributed by atoms with Gasteiger partial charge in [0, 0.05) is 6.54 Å². The molecule has 1 rings (SSSR count). The predicted octanol–water partition coefficient (Wildman–Crippen LogP) is 1.60. The van der Waals surface area contributed by atoms with Crippen LogP contribution in [0.25, 0.3) is 0 Å². The lowest BCUT2D eigenvalue weighted by atomic mass is 10.1. The lowest BCUT2D eigenvalue weighted by Gasteiger charge is -2.18. The standard InChI is InChI=1S/C14H20N2O4/c1-9(2)12(13(17)18)16-14(19)15-8-10-5-4-6-11(7-10)20-3/h4-7,9,12H,8H2,1-3H3,(H,17,18)(H2,15,16,19)/t12-/m0/s1. The zero-order valence-electron chi connectivity index (χ0n) is 11.8. The lowest BCUT2D eigenvalue weighted by Crippen LogP contribution is -2.48.